The molecule has 2 N–H and O–H groups in total. The van der Waals surface area contributed by atoms with Crippen LogP contribution in [0.5, 0.6) is 0 Å². The largest absolute Gasteiger partial charge is 0.355 e. The van der Waals surface area contributed by atoms with Crippen LogP contribution < -0.4 is 10.6 Å². The molecule has 0 bridgehead atoms. The van der Waals surface area contributed by atoms with Crippen molar-refractivity contribution in [2.45, 2.75) is 31.3 Å². The number of aliphatic imine (C=N–C) groups is 1. The normalized spacial score (nSPS) is 12.4. The molecule has 1 heterocycles. The van der Waals surface area contributed by atoms with Gasteiger partial charge in [0, 0.05) is 47.2 Å². The standard InChI is InChI=1S/C17H27N7O2S/c1-5-16-22-21-13-24(16)11-10-19-17(18-2)20-12-14-8-6-7-9-15(14)27(25,26)23(3)4/h6-9,13H,5,10-12H2,1-4H3,(H2,18,19,20). The Kier molecular flexibility index (Phi) is 7.31. The molecular formula is C17H27N7O2S. The lowest BCUT2D eigenvalue weighted by Crippen LogP contribution is -2.38. The fraction of sp³-hybridized carbons (Fsp3) is 0.471. The second-order valence-corrected chi connectivity index (χ2v) is 8.16. The van der Waals surface area contributed by atoms with Crippen LogP contribution in [0.3, 0.4) is 0 Å². The van der Waals surface area contributed by atoms with E-state index in [1.165, 1.54) is 18.4 Å². The molecule has 2 rings (SSSR count). The summed E-state index contributed by atoms with van der Waals surface area (Å²) in [6, 6.07) is 6.94. The van der Waals surface area contributed by atoms with Gasteiger partial charge in [0.25, 0.3) is 0 Å². The lowest BCUT2D eigenvalue weighted by atomic mass is 10.2. The third kappa shape index (κ3) is 5.27. The lowest BCUT2D eigenvalue weighted by molar-refractivity contribution is 0.519. The predicted octanol–water partition coefficient (Wildman–Crippen LogP) is 0.456. The van der Waals surface area contributed by atoms with Crippen LogP contribution in [0.4, 0.5) is 0 Å². The molecule has 1 aromatic heterocycles. The number of aromatic nitrogens is 3. The summed E-state index contributed by atoms with van der Waals surface area (Å²) in [5.41, 5.74) is 0.682. The van der Waals surface area contributed by atoms with Crippen molar-refractivity contribution in [2.75, 3.05) is 27.7 Å². The molecule has 10 heteroatoms. The Balaban J connectivity index is 1.97. The molecule has 0 aliphatic carbocycles. The second-order valence-electron chi connectivity index (χ2n) is 6.04. The first-order valence-electron chi connectivity index (χ1n) is 8.71. The molecule has 0 aliphatic heterocycles. The van der Waals surface area contributed by atoms with E-state index in [2.05, 4.69) is 25.8 Å². The Bertz CT molecular complexity index is 875. The fourth-order valence-corrected chi connectivity index (χ4v) is 3.65. The van der Waals surface area contributed by atoms with Gasteiger partial charge in [0.1, 0.15) is 12.2 Å². The highest BCUT2D eigenvalue weighted by atomic mass is 32.2. The zero-order valence-electron chi connectivity index (χ0n) is 16.2. The highest BCUT2D eigenvalue weighted by Gasteiger charge is 2.20. The Morgan fingerprint density at radius 3 is 2.67 bits per heavy atom. The van der Waals surface area contributed by atoms with Gasteiger partial charge in [-0.2, -0.15) is 0 Å². The van der Waals surface area contributed by atoms with Crippen LogP contribution in [0.15, 0.2) is 40.5 Å². The van der Waals surface area contributed by atoms with Gasteiger partial charge in [-0.25, -0.2) is 12.7 Å². The number of nitrogens with zero attached hydrogens (tertiary/aromatic N) is 5. The van der Waals surface area contributed by atoms with Crippen LogP contribution in [-0.4, -0.2) is 61.1 Å². The van der Waals surface area contributed by atoms with Crippen molar-refractivity contribution >= 4 is 16.0 Å². The van der Waals surface area contributed by atoms with Crippen molar-refractivity contribution in [2.24, 2.45) is 4.99 Å². The van der Waals surface area contributed by atoms with E-state index >= 15 is 0 Å². The van der Waals surface area contributed by atoms with E-state index in [0.29, 0.717) is 31.2 Å². The number of hydrogen-bond acceptors (Lipinski definition) is 5. The topological polar surface area (TPSA) is 105 Å². The molecule has 0 fully saturated rings. The van der Waals surface area contributed by atoms with Crippen molar-refractivity contribution in [1.29, 1.82) is 0 Å². The number of sulfonamides is 1. The van der Waals surface area contributed by atoms with Gasteiger partial charge < -0.3 is 15.2 Å². The summed E-state index contributed by atoms with van der Waals surface area (Å²) in [6.07, 6.45) is 2.53. The number of nitrogens with one attached hydrogen (secondary N) is 2. The maximum atomic E-state index is 12.5. The van der Waals surface area contributed by atoms with Crippen LogP contribution in [0.1, 0.15) is 18.3 Å². The quantitative estimate of drug-likeness (QED) is 0.499. The van der Waals surface area contributed by atoms with E-state index in [1.54, 1.807) is 31.6 Å². The molecule has 0 amide bonds. The summed E-state index contributed by atoms with van der Waals surface area (Å²) >= 11 is 0. The Morgan fingerprint density at radius 1 is 1.26 bits per heavy atom. The Labute approximate surface area is 160 Å². The van der Waals surface area contributed by atoms with Crippen molar-refractivity contribution in [1.82, 2.24) is 29.7 Å². The summed E-state index contributed by atoms with van der Waals surface area (Å²) in [7, 11) is 1.22. The molecule has 1 aromatic carbocycles. The minimum atomic E-state index is -3.50. The molecule has 0 aliphatic rings. The van der Waals surface area contributed by atoms with Crippen molar-refractivity contribution in [3.05, 3.63) is 42.0 Å². The average molecular weight is 394 g/mol. The molecule has 2 aromatic rings. The van der Waals surface area contributed by atoms with Crippen LogP contribution >= 0.6 is 0 Å². The molecule has 9 nitrogen and oxygen atoms in total. The number of aryl methyl sites for hydroxylation is 1. The minimum Gasteiger partial charge on any atom is -0.355 e. The zero-order valence-corrected chi connectivity index (χ0v) is 17.0. The van der Waals surface area contributed by atoms with E-state index in [1.807, 2.05) is 17.6 Å². The molecule has 0 atom stereocenters. The molecule has 0 radical (unpaired) electrons. The van der Waals surface area contributed by atoms with E-state index in [4.69, 9.17) is 0 Å². The maximum Gasteiger partial charge on any atom is 0.242 e. The predicted molar refractivity (Wildman–Crippen MR) is 105 cm³/mol. The van der Waals surface area contributed by atoms with Crippen LogP contribution in [0, 0.1) is 0 Å². The van der Waals surface area contributed by atoms with Gasteiger partial charge in [-0.1, -0.05) is 25.1 Å². The molecule has 0 unspecified atom stereocenters. The van der Waals surface area contributed by atoms with Gasteiger partial charge in [0.15, 0.2) is 5.96 Å². The third-order valence-corrected chi connectivity index (χ3v) is 5.97. The van der Waals surface area contributed by atoms with E-state index < -0.39 is 10.0 Å². The van der Waals surface area contributed by atoms with E-state index in [0.717, 1.165) is 12.2 Å². The Morgan fingerprint density at radius 2 is 2.00 bits per heavy atom. The number of rotatable bonds is 8. The summed E-state index contributed by atoms with van der Waals surface area (Å²) < 4.78 is 28.1. The first kappa shape index (κ1) is 20.8. The Hall–Kier alpha value is -2.46. The molecule has 0 spiro atoms. The summed E-state index contributed by atoms with van der Waals surface area (Å²) in [4.78, 5) is 4.47. The SMILES string of the molecule is CCc1nncn1CCNC(=NC)NCc1ccccc1S(=O)(=O)N(C)C. The number of hydrogen-bond donors (Lipinski definition) is 2. The third-order valence-electron chi connectivity index (χ3n) is 4.06. The molecule has 0 saturated carbocycles. The van der Waals surface area contributed by atoms with Gasteiger partial charge in [-0.05, 0) is 11.6 Å². The highest BCUT2D eigenvalue weighted by Crippen LogP contribution is 2.18. The van der Waals surface area contributed by atoms with Gasteiger partial charge in [-0.3, -0.25) is 4.99 Å². The van der Waals surface area contributed by atoms with Crippen molar-refractivity contribution < 1.29 is 8.42 Å². The van der Waals surface area contributed by atoms with Crippen LogP contribution in [0.2, 0.25) is 0 Å². The summed E-state index contributed by atoms with van der Waals surface area (Å²) in [5.74, 6) is 1.53. The van der Waals surface area contributed by atoms with Gasteiger partial charge >= 0.3 is 0 Å². The van der Waals surface area contributed by atoms with Crippen molar-refractivity contribution in [3.8, 4) is 0 Å². The maximum absolute atomic E-state index is 12.5. The smallest absolute Gasteiger partial charge is 0.242 e. The van der Waals surface area contributed by atoms with Gasteiger partial charge in [0.05, 0.1) is 4.90 Å². The highest BCUT2D eigenvalue weighted by molar-refractivity contribution is 7.89. The molecular weight excluding hydrogens is 366 g/mol. The summed E-state index contributed by atoms with van der Waals surface area (Å²) in [5, 5.41) is 14.3. The van der Waals surface area contributed by atoms with Crippen LogP contribution in [0.25, 0.3) is 0 Å². The van der Waals surface area contributed by atoms with Crippen molar-refractivity contribution in [3.63, 3.8) is 0 Å². The van der Waals surface area contributed by atoms with Gasteiger partial charge in [0.2, 0.25) is 10.0 Å². The van der Waals surface area contributed by atoms with E-state index in [9.17, 15) is 8.42 Å². The molecule has 27 heavy (non-hydrogen) atoms. The average Bonchev–Trinajstić information content (AvgIpc) is 3.12. The molecule has 0 saturated heterocycles. The number of benzene rings is 1. The zero-order chi connectivity index (χ0) is 19.9. The molecule has 148 valence electrons. The monoisotopic (exact) mass is 393 g/mol. The fourth-order valence-electron chi connectivity index (χ4n) is 2.53. The first-order chi connectivity index (χ1) is 12.9. The summed E-state index contributed by atoms with van der Waals surface area (Å²) in [6.45, 7) is 3.73. The second kappa shape index (κ2) is 9.47. The minimum absolute atomic E-state index is 0.287. The first-order valence-corrected chi connectivity index (χ1v) is 10.2. The lowest BCUT2D eigenvalue weighted by Gasteiger charge is -2.17. The number of guanidine groups is 1. The van der Waals surface area contributed by atoms with Crippen LogP contribution in [-0.2, 0) is 29.5 Å². The van der Waals surface area contributed by atoms with E-state index in [-0.39, 0.29) is 4.90 Å². The van der Waals surface area contributed by atoms with Gasteiger partial charge in [-0.15, -0.1) is 10.2 Å².